The first kappa shape index (κ1) is 15.7. The third kappa shape index (κ3) is 2.96. The normalized spacial score (nSPS) is 19.3. The van der Waals surface area contributed by atoms with E-state index in [1.807, 2.05) is 49.4 Å². The Morgan fingerprint density at radius 1 is 1.36 bits per heavy atom. The summed E-state index contributed by atoms with van der Waals surface area (Å²) < 4.78 is 7.43. The summed E-state index contributed by atoms with van der Waals surface area (Å²) in [6, 6.07) is 12.8. The zero-order valence-electron chi connectivity index (χ0n) is 13.8. The van der Waals surface area contributed by atoms with Crippen molar-refractivity contribution in [2.75, 3.05) is 6.61 Å². The lowest BCUT2D eigenvalue weighted by Gasteiger charge is -2.30. The zero-order valence-corrected chi connectivity index (χ0v) is 13.8. The lowest BCUT2D eigenvalue weighted by molar-refractivity contribution is -0.123. The molecule has 1 aliphatic rings. The van der Waals surface area contributed by atoms with E-state index in [9.17, 15) is 9.90 Å². The molecule has 0 saturated heterocycles. The molecule has 2 atom stereocenters. The molecule has 2 N–H and O–H groups in total. The summed E-state index contributed by atoms with van der Waals surface area (Å²) in [6.07, 6.45) is 0.878. The fraction of sp³-hybridized carbons (Fsp3) is 0.263. The number of amides is 1. The van der Waals surface area contributed by atoms with Crippen molar-refractivity contribution in [3.05, 3.63) is 59.9 Å². The molecule has 0 fully saturated rings. The molecule has 4 rings (SSSR count). The van der Waals surface area contributed by atoms with Gasteiger partial charge in [0.05, 0.1) is 23.4 Å². The highest BCUT2D eigenvalue weighted by Crippen LogP contribution is 2.31. The van der Waals surface area contributed by atoms with E-state index in [-0.39, 0.29) is 19.1 Å². The van der Waals surface area contributed by atoms with Gasteiger partial charge in [0.1, 0.15) is 25.0 Å². The maximum Gasteiger partial charge on any atom is 0.240 e. The van der Waals surface area contributed by atoms with Crippen LogP contribution in [0.25, 0.3) is 11.0 Å². The number of hydrogen-bond acceptors (Lipinski definition) is 4. The molecule has 0 bridgehead atoms. The molecule has 2 aromatic carbocycles. The third-order valence-corrected chi connectivity index (χ3v) is 4.47. The van der Waals surface area contributed by atoms with Crippen LogP contribution in [0.2, 0.25) is 0 Å². The number of fused-ring (bicyclic) bond motifs is 2. The predicted molar refractivity (Wildman–Crippen MR) is 93.3 cm³/mol. The summed E-state index contributed by atoms with van der Waals surface area (Å²) in [5, 5.41) is 13.3. The van der Waals surface area contributed by atoms with Gasteiger partial charge in [0.15, 0.2) is 0 Å². The number of nitrogens with zero attached hydrogens (tertiary/aromatic N) is 2. The van der Waals surface area contributed by atoms with E-state index in [1.54, 1.807) is 10.9 Å². The summed E-state index contributed by atoms with van der Waals surface area (Å²) in [6.45, 7) is 2.39. The van der Waals surface area contributed by atoms with Gasteiger partial charge in [0.25, 0.3) is 0 Å². The molecular weight excluding hydrogens is 318 g/mol. The van der Waals surface area contributed by atoms with Crippen molar-refractivity contribution in [3.8, 4) is 5.75 Å². The van der Waals surface area contributed by atoms with Crippen LogP contribution < -0.4 is 10.1 Å². The predicted octanol–water partition coefficient (Wildman–Crippen LogP) is 1.96. The Hall–Kier alpha value is -2.86. The van der Waals surface area contributed by atoms with Crippen molar-refractivity contribution >= 4 is 16.9 Å². The highest BCUT2D eigenvalue weighted by atomic mass is 16.5. The fourth-order valence-electron chi connectivity index (χ4n) is 3.17. The first-order chi connectivity index (χ1) is 12.1. The number of rotatable bonds is 3. The van der Waals surface area contributed by atoms with Crippen molar-refractivity contribution in [1.82, 2.24) is 14.9 Å². The molecule has 2 heterocycles. The van der Waals surface area contributed by atoms with E-state index in [4.69, 9.17) is 4.74 Å². The second-order valence-electron chi connectivity index (χ2n) is 6.33. The maximum absolute atomic E-state index is 12.4. The van der Waals surface area contributed by atoms with E-state index in [1.165, 1.54) is 0 Å². The zero-order chi connectivity index (χ0) is 17.4. The Bertz CT molecular complexity index is 935. The Morgan fingerprint density at radius 3 is 3.08 bits per heavy atom. The van der Waals surface area contributed by atoms with E-state index in [0.717, 1.165) is 16.6 Å². The third-order valence-electron chi connectivity index (χ3n) is 4.47. The number of ether oxygens (including phenoxy) is 1. The summed E-state index contributed by atoms with van der Waals surface area (Å²) >= 11 is 0. The highest BCUT2D eigenvalue weighted by molar-refractivity contribution is 5.81. The quantitative estimate of drug-likeness (QED) is 0.766. The first-order valence-corrected chi connectivity index (χ1v) is 8.22. The van der Waals surface area contributed by atoms with E-state index < -0.39 is 12.1 Å². The SMILES string of the molecule is Cc1ccc2c(c1)ncn2CC(=O)N[C@@H]1COc2ccccc2[C@H]1O. The average Bonchev–Trinajstić information content (AvgIpc) is 2.99. The molecule has 0 spiro atoms. The van der Waals surface area contributed by atoms with Crippen molar-refractivity contribution in [2.45, 2.75) is 25.6 Å². The van der Waals surface area contributed by atoms with Crippen LogP contribution >= 0.6 is 0 Å². The molecule has 0 aliphatic carbocycles. The largest absolute Gasteiger partial charge is 0.491 e. The summed E-state index contributed by atoms with van der Waals surface area (Å²) in [5.41, 5.74) is 3.60. The molecule has 0 saturated carbocycles. The molecule has 3 aromatic rings. The fourth-order valence-corrected chi connectivity index (χ4v) is 3.17. The van der Waals surface area contributed by atoms with Crippen molar-refractivity contribution in [2.24, 2.45) is 0 Å². The smallest absolute Gasteiger partial charge is 0.240 e. The van der Waals surface area contributed by atoms with Crippen molar-refractivity contribution in [3.63, 3.8) is 0 Å². The van der Waals surface area contributed by atoms with Crippen LogP contribution in [-0.2, 0) is 11.3 Å². The number of aliphatic hydroxyl groups is 1. The number of aromatic nitrogens is 2. The van der Waals surface area contributed by atoms with Crippen LogP contribution in [0.5, 0.6) is 5.75 Å². The van der Waals surface area contributed by atoms with Gasteiger partial charge in [-0.15, -0.1) is 0 Å². The van der Waals surface area contributed by atoms with Gasteiger partial charge >= 0.3 is 0 Å². The lowest BCUT2D eigenvalue weighted by Crippen LogP contribution is -2.46. The molecule has 6 heteroatoms. The molecular formula is C19H19N3O3. The number of aryl methyl sites for hydroxylation is 1. The molecule has 128 valence electrons. The lowest BCUT2D eigenvalue weighted by atomic mass is 9.99. The van der Waals surface area contributed by atoms with Gasteiger partial charge in [-0.1, -0.05) is 24.3 Å². The molecule has 0 radical (unpaired) electrons. The van der Waals surface area contributed by atoms with Crippen LogP contribution in [-0.4, -0.2) is 33.2 Å². The van der Waals surface area contributed by atoms with E-state index in [2.05, 4.69) is 10.3 Å². The molecule has 1 aliphatic heterocycles. The second kappa shape index (κ2) is 6.22. The van der Waals surface area contributed by atoms with Gasteiger partial charge in [-0.25, -0.2) is 4.98 Å². The maximum atomic E-state index is 12.4. The number of nitrogens with one attached hydrogen (secondary N) is 1. The highest BCUT2D eigenvalue weighted by Gasteiger charge is 2.30. The Kier molecular flexibility index (Phi) is 3.89. The minimum atomic E-state index is -0.781. The van der Waals surface area contributed by atoms with Crippen LogP contribution in [0.3, 0.4) is 0 Å². The van der Waals surface area contributed by atoms with Gasteiger partial charge in [0, 0.05) is 5.56 Å². The van der Waals surface area contributed by atoms with Crippen molar-refractivity contribution < 1.29 is 14.6 Å². The monoisotopic (exact) mass is 337 g/mol. The topological polar surface area (TPSA) is 76.4 Å². The van der Waals surface area contributed by atoms with E-state index >= 15 is 0 Å². The molecule has 1 aromatic heterocycles. The molecule has 6 nitrogen and oxygen atoms in total. The van der Waals surface area contributed by atoms with Crippen LogP contribution in [0, 0.1) is 6.92 Å². The number of aliphatic hydroxyl groups excluding tert-OH is 1. The molecule has 0 unspecified atom stereocenters. The number of para-hydroxylation sites is 1. The minimum absolute atomic E-state index is 0.143. The number of imidazole rings is 1. The standard InChI is InChI=1S/C19H19N3O3/c1-12-6-7-16-14(8-12)20-11-22(16)9-18(23)21-15-10-25-17-5-3-2-4-13(17)19(15)24/h2-8,11,15,19,24H,9-10H2,1H3,(H,21,23)/t15-,19-/m1/s1. The average molecular weight is 337 g/mol. The van der Waals surface area contributed by atoms with Gasteiger partial charge in [0.2, 0.25) is 5.91 Å². The Balaban J connectivity index is 1.47. The summed E-state index contributed by atoms with van der Waals surface area (Å²) in [5.74, 6) is 0.475. The Morgan fingerprint density at radius 2 is 2.20 bits per heavy atom. The van der Waals surface area contributed by atoms with Gasteiger partial charge < -0.3 is 19.7 Å². The molecule has 1 amide bonds. The number of carbonyl (C=O) groups excluding carboxylic acids is 1. The molecule has 25 heavy (non-hydrogen) atoms. The van der Waals surface area contributed by atoms with Gasteiger partial charge in [-0.05, 0) is 30.7 Å². The second-order valence-corrected chi connectivity index (χ2v) is 6.33. The van der Waals surface area contributed by atoms with Crippen LogP contribution in [0.15, 0.2) is 48.8 Å². The van der Waals surface area contributed by atoms with E-state index in [0.29, 0.717) is 11.3 Å². The van der Waals surface area contributed by atoms with Crippen molar-refractivity contribution in [1.29, 1.82) is 0 Å². The first-order valence-electron chi connectivity index (χ1n) is 8.22. The van der Waals surface area contributed by atoms with Gasteiger partial charge in [-0.2, -0.15) is 0 Å². The minimum Gasteiger partial charge on any atom is -0.491 e. The number of carbonyl (C=O) groups is 1. The summed E-state index contributed by atoms with van der Waals surface area (Å²) in [4.78, 5) is 16.8. The number of hydrogen-bond donors (Lipinski definition) is 2. The van der Waals surface area contributed by atoms with Gasteiger partial charge in [-0.3, -0.25) is 4.79 Å². The van der Waals surface area contributed by atoms with Crippen LogP contribution in [0.1, 0.15) is 17.2 Å². The van der Waals surface area contributed by atoms with Crippen LogP contribution in [0.4, 0.5) is 0 Å². The Labute approximate surface area is 145 Å². The summed E-state index contributed by atoms with van der Waals surface area (Å²) in [7, 11) is 0. The number of benzene rings is 2.